The van der Waals surface area contributed by atoms with E-state index in [1.807, 2.05) is 103 Å². The van der Waals surface area contributed by atoms with Gasteiger partial charge in [0.15, 0.2) is 6.10 Å². The number of anilines is 2. The van der Waals surface area contributed by atoms with Crippen LogP contribution in [-0.2, 0) is 79.2 Å². The van der Waals surface area contributed by atoms with Crippen LogP contribution >= 0.6 is 0 Å². The number of ether oxygens (including phenoxy) is 2. The summed E-state index contributed by atoms with van der Waals surface area (Å²) in [7, 11) is 3.23. The number of carbonyl (C=O) groups excluding carboxylic acids is 6. The van der Waals surface area contributed by atoms with Gasteiger partial charge >= 0.3 is 17.9 Å². The smallest absolute Gasteiger partial charge is 0.335 e. The first-order valence-corrected chi connectivity index (χ1v) is 29.9. The number of aliphatic carboxylic acids is 2. The van der Waals surface area contributed by atoms with Crippen LogP contribution in [0.5, 0.6) is 0 Å². The van der Waals surface area contributed by atoms with Crippen molar-refractivity contribution in [3.8, 4) is 11.8 Å². The molecule has 0 saturated carbocycles. The van der Waals surface area contributed by atoms with Gasteiger partial charge in [-0.2, -0.15) is 0 Å². The van der Waals surface area contributed by atoms with E-state index in [4.69, 9.17) is 9.47 Å². The molecule has 2 aliphatic rings. The molecule has 4 aromatic rings. The standard InChI is InChI=1S/C68H86N6O15/c1-39(2)51(32-41(4)65(84)85)73(11)64(83)62(67(5,6)7)72-63(82)61(69-10)68(8,9)47-23-18-19-42(33-47)35-56(78)88-38-43-31-40(3)48(36-52-57(79)58(80)59(81)60(89-52)66(86)87)49(34-43)71-54(76)29-30-70-53(75)25-16-17-26-55(77)74-37-46-22-13-12-20-44(46)27-28-45-21-14-15-24-50(45)74/h12-15,18-24,31-34,39,51-52,57-62,69,79-81H,16-17,25-26,29-30,35-38H2,1-11H3,(H,70,75)(H,71,76)(H,72,82)(H,84,85)(H,86,87)/b41-32+/t51-,52?,57?,58?,59?,60?,61-,62-/m1/s1. The highest BCUT2D eigenvalue weighted by Gasteiger charge is 2.47. The predicted molar refractivity (Wildman–Crippen MR) is 334 cm³/mol. The van der Waals surface area contributed by atoms with Crippen LogP contribution in [0.2, 0.25) is 0 Å². The lowest BCUT2D eigenvalue weighted by atomic mass is 9.76. The van der Waals surface area contributed by atoms with Gasteiger partial charge in [0.2, 0.25) is 29.5 Å². The van der Waals surface area contributed by atoms with Gasteiger partial charge in [0, 0.05) is 67.1 Å². The molecule has 0 bridgehead atoms. The molecule has 21 nitrogen and oxygen atoms in total. The van der Waals surface area contributed by atoms with Crippen LogP contribution in [0.25, 0.3) is 0 Å². The van der Waals surface area contributed by atoms with E-state index in [2.05, 4.69) is 33.1 Å². The van der Waals surface area contributed by atoms with Gasteiger partial charge < -0.3 is 66.1 Å². The van der Waals surface area contributed by atoms with Gasteiger partial charge in [-0.05, 0) is 103 Å². The number of fused-ring (bicyclic) bond motifs is 2. The van der Waals surface area contributed by atoms with Crippen molar-refractivity contribution in [3.63, 3.8) is 0 Å². The summed E-state index contributed by atoms with van der Waals surface area (Å²) in [6.45, 7) is 16.1. The normalized spacial score (nSPS) is 18.5. The number of rotatable bonds is 26. The molecular formula is C68H86N6O15. The highest BCUT2D eigenvalue weighted by Crippen LogP contribution is 2.33. The molecule has 8 atom stereocenters. The number of para-hydroxylation sites is 1. The molecule has 0 radical (unpaired) electrons. The van der Waals surface area contributed by atoms with Gasteiger partial charge in [-0.1, -0.05) is 127 Å². The molecule has 478 valence electrons. The molecule has 2 aliphatic heterocycles. The Kier molecular flexibility index (Phi) is 24.2. The molecule has 1 saturated heterocycles. The number of likely N-dealkylation sites (N-methyl/N-ethyl adjacent to an activating group) is 2. The second-order valence-corrected chi connectivity index (χ2v) is 24.9. The van der Waals surface area contributed by atoms with E-state index < -0.39 is 95.1 Å². The first-order valence-electron chi connectivity index (χ1n) is 29.9. The lowest BCUT2D eigenvalue weighted by Gasteiger charge is -2.40. The Bertz CT molecular complexity index is 3360. The van der Waals surface area contributed by atoms with Gasteiger partial charge in [-0.15, -0.1) is 0 Å². The fourth-order valence-electron chi connectivity index (χ4n) is 11.2. The van der Waals surface area contributed by atoms with E-state index in [9.17, 15) is 63.9 Å². The number of unbranched alkanes of at least 4 members (excludes halogenated alkanes) is 1. The molecular weight excluding hydrogens is 1140 g/mol. The molecule has 1 fully saturated rings. The van der Waals surface area contributed by atoms with E-state index in [0.717, 1.165) is 22.4 Å². The van der Waals surface area contributed by atoms with Crippen LogP contribution in [0, 0.1) is 30.1 Å². The summed E-state index contributed by atoms with van der Waals surface area (Å²) in [6.07, 6.45) is -6.67. The molecule has 6 rings (SSSR count). The number of nitrogens with one attached hydrogen (secondary N) is 4. The van der Waals surface area contributed by atoms with Crippen LogP contribution < -0.4 is 26.2 Å². The van der Waals surface area contributed by atoms with Crippen LogP contribution in [0.15, 0.2) is 96.6 Å². The second-order valence-electron chi connectivity index (χ2n) is 24.9. The van der Waals surface area contributed by atoms with E-state index in [0.29, 0.717) is 47.2 Å². The highest BCUT2D eigenvalue weighted by molar-refractivity contribution is 5.96. The Morgan fingerprint density at radius 1 is 0.798 bits per heavy atom. The Morgan fingerprint density at radius 3 is 2.12 bits per heavy atom. The first-order chi connectivity index (χ1) is 41.9. The minimum atomic E-state index is -1.93. The second kappa shape index (κ2) is 30.8. The average molecular weight is 1230 g/mol. The number of nitrogens with zero attached hydrogens (tertiary/aromatic N) is 2. The number of carboxylic acids is 2. The summed E-state index contributed by atoms with van der Waals surface area (Å²) >= 11 is 0. The van der Waals surface area contributed by atoms with Gasteiger partial charge in [0.25, 0.3) is 0 Å². The van der Waals surface area contributed by atoms with Crippen LogP contribution in [0.3, 0.4) is 0 Å². The Hall–Kier alpha value is -8.26. The number of benzene rings is 4. The van der Waals surface area contributed by atoms with Crippen molar-refractivity contribution >= 4 is 58.8 Å². The maximum atomic E-state index is 14.3. The first kappa shape index (κ1) is 69.8. The number of hydrogen-bond acceptors (Lipinski definition) is 14. The van der Waals surface area contributed by atoms with Gasteiger partial charge in [0.1, 0.15) is 31.0 Å². The Balaban J connectivity index is 1.09. The van der Waals surface area contributed by atoms with E-state index >= 15 is 0 Å². The number of amides is 5. The molecule has 5 amide bonds. The van der Waals surface area contributed by atoms with Crippen LogP contribution in [-0.4, -0.2) is 147 Å². The van der Waals surface area contributed by atoms with Crippen LogP contribution in [0.4, 0.5) is 11.4 Å². The van der Waals surface area contributed by atoms with E-state index in [1.165, 1.54) is 17.9 Å². The highest BCUT2D eigenvalue weighted by atomic mass is 16.6. The fourth-order valence-corrected chi connectivity index (χ4v) is 11.2. The van der Waals surface area contributed by atoms with Crippen molar-refractivity contribution in [2.75, 3.05) is 30.9 Å². The Morgan fingerprint density at radius 2 is 1.46 bits per heavy atom. The largest absolute Gasteiger partial charge is 0.479 e. The third kappa shape index (κ3) is 18.2. The number of aryl methyl sites for hydroxylation is 1. The molecule has 4 aromatic carbocycles. The Labute approximate surface area is 520 Å². The van der Waals surface area contributed by atoms with Crippen molar-refractivity contribution < 1.29 is 73.4 Å². The summed E-state index contributed by atoms with van der Waals surface area (Å²) in [5, 5.41) is 63.0. The summed E-state index contributed by atoms with van der Waals surface area (Å²) in [4.78, 5) is 109. The van der Waals surface area contributed by atoms with Crippen molar-refractivity contribution in [1.29, 1.82) is 0 Å². The fraction of sp³-hybridized carbons (Fsp3) is 0.471. The summed E-state index contributed by atoms with van der Waals surface area (Å²) in [6, 6.07) is 23.0. The lowest BCUT2D eigenvalue weighted by Crippen LogP contribution is -2.61. The monoisotopic (exact) mass is 1230 g/mol. The van der Waals surface area contributed by atoms with Gasteiger partial charge in [-0.3, -0.25) is 28.8 Å². The molecule has 0 spiro atoms. The maximum absolute atomic E-state index is 14.3. The van der Waals surface area contributed by atoms with E-state index in [1.54, 1.807) is 56.3 Å². The molecule has 0 aliphatic carbocycles. The number of carboxylic acid groups (broad SMARTS) is 2. The van der Waals surface area contributed by atoms with Crippen molar-refractivity contribution in [3.05, 3.63) is 141 Å². The molecule has 21 heteroatoms. The number of hydrogen-bond donors (Lipinski definition) is 9. The third-order valence-electron chi connectivity index (χ3n) is 16.4. The minimum Gasteiger partial charge on any atom is -0.479 e. The quantitative estimate of drug-likeness (QED) is 0.0159. The molecule has 89 heavy (non-hydrogen) atoms. The van der Waals surface area contributed by atoms with Crippen molar-refractivity contribution in [1.82, 2.24) is 20.9 Å². The zero-order valence-electron chi connectivity index (χ0n) is 52.6. The number of esters is 1. The molecule has 2 heterocycles. The SMILES string of the molecule is CN[C@H](C(=O)N[C@H](C(=O)N(C)[C@H](/C=C(\C)C(=O)O)C(C)C)C(C)(C)C)C(C)(C)c1cccc(CC(=O)OCc2cc(C)c(CC3OC(C(=O)O)C(O)C(O)C3O)c(NC(=O)CCNC(=O)CCCCC(=O)N3Cc4ccccc4C#Cc4ccccc43)c2)c1. The van der Waals surface area contributed by atoms with Gasteiger partial charge in [0.05, 0.1) is 36.8 Å². The topological polar surface area (TPSA) is 311 Å². The number of aliphatic hydroxyl groups is 3. The summed E-state index contributed by atoms with van der Waals surface area (Å²) in [5.74, 6) is 1.15. The average Bonchev–Trinajstić information content (AvgIpc) is 2.01. The summed E-state index contributed by atoms with van der Waals surface area (Å²) in [5.41, 5.74) is 4.39. The molecule has 0 aromatic heterocycles. The van der Waals surface area contributed by atoms with Crippen molar-refractivity contribution in [2.24, 2.45) is 11.3 Å². The minimum absolute atomic E-state index is 0.0532. The lowest BCUT2D eigenvalue weighted by molar-refractivity contribution is -0.227. The summed E-state index contributed by atoms with van der Waals surface area (Å²) < 4.78 is 11.4. The third-order valence-corrected chi connectivity index (χ3v) is 16.4. The number of carbonyl (C=O) groups is 8. The zero-order chi connectivity index (χ0) is 65.7. The molecule has 5 unspecified atom stereocenters. The maximum Gasteiger partial charge on any atom is 0.335 e. The molecule has 9 N–H and O–H groups in total. The van der Waals surface area contributed by atoms with E-state index in [-0.39, 0.29) is 74.2 Å². The van der Waals surface area contributed by atoms with Crippen molar-refractivity contribution in [2.45, 2.75) is 174 Å². The zero-order valence-corrected chi connectivity index (χ0v) is 52.6. The number of aliphatic hydroxyl groups excluding tert-OH is 3. The van der Waals surface area contributed by atoms with Gasteiger partial charge in [-0.25, -0.2) is 9.59 Å². The van der Waals surface area contributed by atoms with Crippen LogP contribution in [0.1, 0.15) is 132 Å². The predicted octanol–water partition coefficient (Wildman–Crippen LogP) is 5.62.